The summed E-state index contributed by atoms with van der Waals surface area (Å²) in [4.78, 5) is 1.45. The van der Waals surface area contributed by atoms with E-state index in [1.807, 2.05) is 24.3 Å². The molecule has 148 valence electrons. The van der Waals surface area contributed by atoms with Gasteiger partial charge in [-0.25, -0.2) is 8.42 Å². The second kappa shape index (κ2) is 9.33. The fourth-order valence-electron chi connectivity index (χ4n) is 3.74. The Kier molecular flexibility index (Phi) is 7.10. The molecule has 0 bridgehead atoms. The van der Waals surface area contributed by atoms with E-state index in [9.17, 15) is 8.42 Å². The largest absolute Gasteiger partial charge is 0.490 e. The van der Waals surface area contributed by atoms with Gasteiger partial charge in [-0.3, -0.25) is 0 Å². The molecule has 0 saturated heterocycles. The third kappa shape index (κ3) is 5.20. The van der Waals surface area contributed by atoms with Gasteiger partial charge >= 0.3 is 0 Å². The molecule has 0 aliphatic heterocycles. The van der Waals surface area contributed by atoms with Crippen LogP contribution in [0.15, 0.2) is 40.1 Å². The zero-order chi connectivity index (χ0) is 19.3. The fourth-order valence-corrected chi connectivity index (χ4v) is 5.82. The molecule has 0 aromatic heterocycles. The topological polar surface area (TPSA) is 43.4 Å². The molecule has 0 radical (unpaired) electrons. The fraction of sp³-hybridized carbons (Fsp3) is 0.545. The summed E-state index contributed by atoms with van der Waals surface area (Å²) >= 11 is 1.75. The van der Waals surface area contributed by atoms with Crippen LogP contribution in [0.1, 0.15) is 58.3 Å². The molecule has 0 heterocycles. The molecule has 2 aromatic carbocycles. The lowest BCUT2D eigenvalue weighted by Gasteiger charge is -2.24. The number of unbranched alkanes of at least 4 members (excludes halogenated alkanes) is 2. The van der Waals surface area contributed by atoms with E-state index in [1.165, 1.54) is 38.4 Å². The van der Waals surface area contributed by atoms with Crippen LogP contribution in [-0.2, 0) is 9.84 Å². The molecule has 27 heavy (non-hydrogen) atoms. The third-order valence-corrected chi connectivity index (χ3v) is 7.46. The molecular formula is C22H30O3S2. The van der Waals surface area contributed by atoms with Gasteiger partial charge in [0.1, 0.15) is 5.75 Å². The number of fused-ring (bicyclic) bond motifs is 1. The van der Waals surface area contributed by atoms with Crippen LogP contribution >= 0.6 is 11.8 Å². The molecule has 3 nitrogen and oxygen atoms in total. The summed E-state index contributed by atoms with van der Waals surface area (Å²) in [6, 6.07) is 9.63. The standard InChI is InChI=1S/C22H30O3S2/c1-3-4-8-16-26-20-15-14-19(25-17-10-6-5-7-11-17)18-12-9-13-21(22(18)20)27(2,23)24/h9,12-15,17H,3-8,10-11,16H2,1-2H3. The molecule has 1 aliphatic rings. The summed E-state index contributed by atoms with van der Waals surface area (Å²) in [5.74, 6) is 1.82. The quantitative estimate of drug-likeness (QED) is 0.384. The maximum Gasteiger partial charge on any atom is 0.176 e. The molecule has 3 rings (SSSR count). The van der Waals surface area contributed by atoms with Gasteiger partial charge in [0, 0.05) is 21.9 Å². The molecule has 0 amide bonds. The number of ether oxygens (including phenoxy) is 1. The van der Waals surface area contributed by atoms with Crippen molar-refractivity contribution in [2.75, 3.05) is 12.0 Å². The van der Waals surface area contributed by atoms with Gasteiger partial charge in [0.15, 0.2) is 9.84 Å². The highest BCUT2D eigenvalue weighted by atomic mass is 32.2. The average molecular weight is 407 g/mol. The molecule has 0 spiro atoms. The molecule has 2 aromatic rings. The van der Waals surface area contributed by atoms with Gasteiger partial charge in [0.05, 0.1) is 11.0 Å². The Labute approximate surface area is 167 Å². The zero-order valence-electron chi connectivity index (χ0n) is 16.4. The molecule has 1 aliphatic carbocycles. The van der Waals surface area contributed by atoms with Crippen molar-refractivity contribution in [1.82, 2.24) is 0 Å². The maximum absolute atomic E-state index is 12.4. The first-order valence-corrected chi connectivity index (χ1v) is 12.9. The second-order valence-electron chi connectivity index (χ2n) is 7.45. The van der Waals surface area contributed by atoms with Crippen LogP contribution in [-0.4, -0.2) is 26.5 Å². The third-order valence-electron chi connectivity index (χ3n) is 5.17. The first-order valence-electron chi connectivity index (χ1n) is 10.1. The molecule has 0 N–H and O–H groups in total. The first kappa shape index (κ1) is 20.5. The van der Waals surface area contributed by atoms with E-state index in [0.29, 0.717) is 4.90 Å². The van der Waals surface area contributed by atoms with E-state index >= 15 is 0 Å². The van der Waals surface area contributed by atoms with E-state index in [-0.39, 0.29) is 6.10 Å². The summed E-state index contributed by atoms with van der Waals surface area (Å²) in [7, 11) is -3.31. The summed E-state index contributed by atoms with van der Waals surface area (Å²) in [6.45, 7) is 2.19. The summed E-state index contributed by atoms with van der Waals surface area (Å²) in [5, 5.41) is 1.75. The van der Waals surface area contributed by atoms with Gasteiger partial charge in [0.2, 0.25) is 0 Å². The minimum atomic E-state index is -3.31. The number of hydrogen-bond donors (Lipinski definition) is 0. The van der Waals surface area contributed by atoms with Gasteiger partial charge in [-0.1, -0.05) is 38.3 Å². The highest BCUT2D eigenvalue weighted by Gasteiger charge is 2.20. The lowest BCUT2D eigenvalue weighted by atomic mass is 9.97. The summed E-state index contributed by atoms with van der Waals surface area (Å²) < 4.78 is 31.2. The van der Waals surface area contributed by atoms with E-state index in [1.54, 1.807) is 17.8 Å². The van der Waals surface area contributed by atoms with Crippen LogP contribution in [0.3, 0.4) is 0 Å². The van der Waals surface area contributed by atoms with Gasteiger partial charge < -0.3 is 4.74 Å². The van der Waals surface area contributed by atoms with E-state index in [4.69, 9.17) is 4.74 Å². The molecule has 1 fully saturated rings. The van der Waals surface area contributed by atoms with Gasteiger partial charge in [-0.15, -0.1) is 11.8 Å². The Bertz CT molecular complexity index is 869. The van der Waals surface area contributed by atoms with Gasteiger partial charge in [-0.05, 0) is 56.1 Å². The minimum Gasteiger partial charge on any atom is -0.490 e. The van der Waals surface area contributed by atoms with E-state index < -0.39 is 9.84 Å². The van der Waals surface area contributed by atoms with Crippen LogP contribution in [0, 0.1) is 0 Å². The van der Waals surface area contributed by atoms with Crippen LogP contribution in [0.25, 0.3) is 10.8 Å². The number of thioether (sulfide) groups is 1. The first-order chi connectivity index (χ1) is 13.0. The average Bonchev–Trinajstić information content (AvgIpc) is 2.66. The van der Waals surface area contributed by atoms with Crippen LogP contribution in [0.4, 0.5) is 0 Å². The van der Waals surface area contributed by atoms with Crippen LogP contribution in [0.2, 0.25) is 0 Å². The highest BCUT2D eigenvalue weighted by Crippen LogP contribution is 2.39. The Balaban J connectivity index is 2.00. The van der Waals surface area contributed by atoms with Crippen molar-refractivity contribution < 1.29 is 13.2 Å². The molecule has 0 atom stereocenters. The maximum atomic E-state index is 12.4. The monoisotopic (exact) mass is 406 g/mol. The van der Waals surface area contributed by atoms with Crippen LogP contribution in [0.5, 0.6) is 5.75 Å². The Morgan fingerprint density at radius 3 is 2.56 bits per heavy atom. The van der Waals surface area contributed by atoms with E-state index in [2.05, 4.69) is 6.92 Å². The van der Waals surface area contributed by atoms with E-state index in [0.717, 1.165) is 46.4 Å². The molecule has 0 unspecified atom stereocenters. The highest BCUT2D eigenvalue weighted by molar-refractivity contribution is 7.99. The predicted octanol–water partition coefficient (Wildman–Crippen LogP) is 6.24. The second-order valence-corrected chi connectivity index (χ2v) is 10.6. The minimum absolute atomic E-state index is 0.242. The zero-order valence-corrected chi connectivity index (χ0v) is 18.0. The Hall–Kier alpha value is -1.20. The predicted molar refractivity (Wildman–Crippen MR) is 115 cm³/mol. The Morgan fingerprint density at radius 1 is 1.07 bits per heavy atom. The van der Waals surface area contributed by atoms with Crippen molar-refractivity contribution in [1.29, 1.82) is 0 Å². The van der Waals surface area contributed by atoms with Crippen molar-refractivity contribution in [3.8, 4) is 5.75 Å². The molecular weight excluding hydrogens is 376 g/mol. The van der Waals surface area contributed by atoms with Crippen molar-refractivity contribution in [3.05, 3.63) is 30.3 Å². The molecule has 5 heteroatoms. The number of sulfone groups is 1. The van der Waals surface area contributed by atoms with Gasteiger partial charge in [0.25, 0.3) is 0 Å². The van der Waals surface area contributed by atoms with Crippen LogP contribution < -0.4 is 4.74 Å². The lowest BCUT2D eigenvalue weighted by Crippen LogP contribution is -2.19. The number of benzene rings is 2. The van der Waals surface area contributed by atoms with Crippen molar-refractivity contribution in [2.45, 2.75) is 74.2 Å². The van der Waals surface area contributed by atoms with Crippen molar-refractivity contribution in [3.63, 3.8) is 0 Å². The van der Waals surface area contributed by atoms with Gasteiger partial charge in [-0.2, -0.15) is 0 Å². The summed E-state index contributed by atoms with van der Waals surface area (Å²) in [6.07, 6.45) is 10.9. The lowest BCUT2D eigenvalue weighted by molar-refractivity contribution is 0.157. The smallest absolute Gasteiger partial charge is 0.176 e. The SMILES string of the molecule is CCCCCSc1ccc(OC2CCCCC2)c2cccc(S(C)(=O)=O)c12. The number of hydrogen-bond acceptors (Lipinski definition) is 4. The van der Waals surface area contributed by atoms with Crippen molar-refractivity contribution in [2.24, 2.45) is 0 Å². The molecule has 1 saturated carbocycles. The van der Waals surface area contributed by atoms with Crippen molar-refractivity contribution >= 4 is 32.4 Å². The Morgan fingerprint density at radius 2 is 1.85 bits per heavy atom. The number of rotatable bonds is 8. The summed E-state index contributed by atoms with van der Waals surface area (Å²) in [5.41, 5.74) is 0. The normalized spacial score (nSPS) is 15.9.